The molecule has 19 heavy (non-hydrogen) atoms. The third-order valence-corrected chi connectivity index (χ3v) is 3.58. The van der Waals surface area contributed by atoms with Crippen molar-refractivity contribution >= 4 is 11.6 Å². The van der Waals surface area contributed by atoms with Gasteiger partial charge in [0.2, 0.25) is 0 Å². The van der Waals surface area contributed by atoms with Gasteiger partial charge in [-0.2, -0.15) is 0 Å². The molecule has 2 heteroatoms. The SMILES string of the molecule is CC(C)(C)C(=O)/C=C\CC(C)(C)C(=O)C1=CCCC1. The summed E-state index contributed by atoms with van der Waals surface area (Å²) >= 11 is 0. The predicted octanol–water partition coefficient (Wildman–Crippen LogP) is 4.25. The Morgan fingerprint density at radius 2 is 1.84 bits per heavy atom. The number of carbonyl (C=O) groups is 2. The fourth-order valence-corrected chi connectivity index (χ4v) is 2.12. The summed E-state index contributed by atoms with van der Waals surface area (Å²) in [6, 6.07) is 0. The van der Waals surface area contributed by atoms with E-state index in [4.69, 9.17) is 0 Å². The van der Waals surface area contributed by atoms with E-state index in [1.54, 1.807) is 6.08 Å². The van der Waals surface area contributed by atoms with E-state index in [2.05, 4.69) is 6.08 Å². The van der Waals surface area contributed by atoms with Gasteiger partial charge in [0.05, 0.1) is 0 Å². The summed E-state index contributed by atoms with van der Waals surface area (Å²) in [6.07, 6.45) is 9.18. The van der Waals surface area contributed by atoms with Crippen molar-refractivity contribution in [2.75, 3.05) is 0 Å². The Hall–Kier alpha value is -1.18. The first-order chi connectivity index (χ1) is 8.64. The van der Waals surface area contributed by atoms with Gasteiger partial charge in [0, 0.05) is 10.8 Å². The minimum atomic E-state index is -0.412. The number of hydrogen-bond acceptors (Lipinski definition) is 2. The van der Waals surface area contributed by atoms with Gasteiger partial charge in [-0.3, -0.25) is 9.59 Å². The van der Waals surface area contributed by atoms with Gasteiger partial charge >= 0.3 is 0 Å². The van der Waals surface area contributed by atoms with Gasteiger partial charge in [0.1, 0.15) is 0 Å². The van der Waals surface area contributed by atoms with Gasteiger partial charge in [-0.1, -0.05) is 46.8 Å². The topological polar surface area (TPSA) is 34.1 Å². The Labute approximate surface area is 117 Å². The number of rotatable bonds is 5. The van der Waals surface area contributed by atoms with Crippen molar-refractivity contribution in [3.8, 4) is 0 Å². The van der Waals surface area contributed by atoms with Gasteiger partial charge in [0.25, 0.3) is 0 Å². The number of ketones is 2. The molecule has 1 aliphatic rings. The monoisotopic (exact) mass is 262 g/mol. The molecule has 0 fully saturated rings. The molecule has 1 rings (SSSR count). The molecule has 0 saturated carbocycles. The standard InChI is InChI=1S/C17H26O2/c1-16(2,3)14(18)11-8-12-17(4,5)15(19)13-9-6-7-10-13/h8-9,11H,6-7,10,12H2,1-5H3/b11-8-. The highest BCUT2D eigenvalue weighted by atomic mass is 16.1. The van der Waals surface area contributed by atoms with Crippen molar-refractivity contribution in [3.63, 3.8) is 0 Å². The fraction of sp³-hybridized carbons (Fsp3) is 0.647. The Morgan fingerprint density at radius 3 is 2.32 bits per heavy atom. The van der Waals surface area contributed by atoms with Crippen LogP contribution in [0.15, 0.2) is 23.8 Å². The van der Waals surface area contributed by atoms with E-state index in [-0.39, 0.29) is 17.0 Å². The van der Waals surface area contributed by atoms with Crippen LogP contribution in [0.1, 0.15) is 60.3 Å². The zero-order valence-electron chi connectivity index (χ0n) is 12.9. The lowest BCUT2D eigenvalue weighted by Crippen LogP contribution is -2.25. The van der Waals surface area contributed by atoms with Crippen LogP contribution in [-0.4, -0.2) is 11.6 Å². The van der Waals surface area contributed by atoms with E-state index in [1.807, 2.05) is 40.7 Å². The first-order valence-electron chi connectivity index (χ1n) is 7.09. The zero-order chi connectivity index (χ0) is 14.7. The van der Waals surface area contributed by atoms with E-state index in [0.717, 1.165) is 24.8 Å². The van der Waals surface area contributed by atoms with Crippen molar-refractivity contribution in [1.82, 2.24) is 0 Å². The molecule has 1 aliphatic carbocycles. The van der Waals surface area contributed by atoms with Crippen LogP contribution < -0.4 is 0 Å². The quantitative estimate of drug-likeness (QED) is 0.694. The highest BCUT2D eigenvalue weighted by Crippen LogP contribution is 2.31. The van der Waals surface area contributed by atoms with E-state index in [1.165, 1.54) is 0 Å². The molecule has 0 radical (unpaired) electrons. The first kappa shape index (κ1) is 15.9. The highest BCUT2D eigenvalue weighted by Gasteiger charge is 2.30. The second-order valence-corrected chi connectivity index (χ2v) is 7.06. The van der Waals surface area contributed by atoms with E-state index in [9.17, 15) is 9.59 Å². The van der Waals surface area contributed by atoms with Crippen molar-refractivity contribution < 1.29 is 9.59 Å². The fourth-order valence-electron chi connectivity index (χ4n) is 2.12. The minimum absolute atomic E-state index is 0.107. The molecule has 0 saturated heterocycles. The normalized spacial score (nSPS) is 16.8. The highest BCUT2D eigenvalue weighted by molar-refractivity contribution is 6.00. The summed E-state index contributed by atoms with van der Waals surface area (Å²) in [5.41, 5.74) is 0.212. The predicted molar refractivity (Wildman–Crippen MR) is 78.9 cm³/mol. The van der Waals surface area contributed by atoms with Crippen molar-refractivity contribution in [3.05, 3.63) is 23.8 Å². The van der Waals surface area contributed by atoms with Crippen LogP contribution in [0.3, 0.4) is 0 Å². The zero-order valence-corrected chi connectivity index (χ0v) is 12.9. The molecule has 0 heterocycles. The smallest absolute Gasteiger partial charge is 0.164 e. The molecular formula is C17H26O2. The Bertz CT molecular complexity index is 417. The Balaban J connectivity index is 2.62. The van der Waals surface area contributed by atoms with Crippen LogP contribution in [0.25, 0.3) is 0 Å². The van der Waals surface area contributed by atoms with Gasteiger partial charge in [-0.05, 0) is 37.3 Å². The van der Waals surface area contributed by atoms with Crippen LogP contribution in [-0.2, 0) is 9.59 Å². The van der Waals surface area contributed by atoms with Gasteiger partial charge in [-0.25, -0.2) is 0 Å². The maximum Gasteiger partial charge on any atom is 0.164 e. The lowest BCUT2D eigenvalue weighted by atomic mass is 9.80. The lowest BCUT2D eigenvalue weighted by molar-refractivity contribution is -0.123. The number of carbonyl (C=O) groups excluding carboxylic acids is 2. The van der Waals surface area contributed by atoms with Crippen molar-refractivity contribution in [2.45, 2.75) is 60.3 Å². The van der Waals surface area contributed by atoms with Crippen LogP contribution in [0.4, 0.5) is 0 Å². The summed E-state index contributed by atoms with van der Waals surface area (Å²) in [6.45, 7) is 9.62. The molecule has 0 aliphatic heterocycles. The first-order valence-corrected chi connectivity index (χ1v) is 7.09. The van der Waals surface area contributed by atoms with Crippen LogP contribution in [0, 0.1) is 10.8 Å². The number of Topliss-reactive ketones (excluding diaryl/α,β-unsaturated/α-hetero) is 1. The second-order valence-electron chi connectivity index (χ2n) is 7.06. The number of allylic oxidation sites excluding steroid dienone is 4. The van der Waals surface area contributed by atoms with Crippen molar-refractivity contribution in [2.24, 2.45) is 10.8 Å². The summed E-state index contributed by atoms with van der Waals surface area (Å²) in [5, 5.41) is 0. The second kappa shape index (κ2) is 5.85. The van der Waals surface area contributed by atoms with Crippen LogP contribution >= 0.6 is 0 Å². The van der Waals surface area contributed by atoms with Gasteiger partial charge in [0.15, 0.2) is 11.6 Å². The average Bonchev–Trinajstić information content (AvgIpc) is 2.79. The minimum Gasteiger partial charge on any atom is -0.294 e. The molecule has 0 amide bonds. The summed E-state index contributed by atoms with van der Waals surface area (Å²) < 4.78 is 0. The average molecular weight is 262 g/mol. The van der Waals surface area contributed by atoms with Gasteiger partial charge in [-0.15, -0.1) is 0 Å². The van der Waals surface area contributed by atoms with E-state index in [0.29, 0.717) is 6.42 Å². The summed E-state index contributed by atoms with van der Waals surface area (Å²) in [5.74, 6) is 0.341. The molecule has 0 spiro atoms. The molecule has 0 atom stereocenters. The summed E-state index contributed by atoms with van der Waals surface area (Å²) in [7, 11) is 0. The molecule has 0 unspecified atom stereocenters. The molecule has 0 aromatic rings. The van der Waals surface area contributed by atoms with E-state index < -0.39 is 5.41 Å². The van der Waals surface area contributed by atoms with Crippen LogP contribution in [0.5, 0.6) is 0 Å². The largest absolute Gasteiger partial charge is 0.294 e. The molecular weight excluding hydrogens is 236 g/mol. The van der Waals surface area contributed by atoms with E-state index >= 15 is 0 Å². The molecule has 0 bridgehead atoms. The molecule has 106 valence electrons. The van der Waals surface area contributed by atoms with Crippen molar-refractivity contribution in [1.29, 1.82) is 0 Å². The summed E-state index contributed by atoms with van der Waals surface area (Å²) in [4.78, 5) is 24.1. The lowest BCUT2D eigenvalue weighted by Gasteiger charge is -2.22. The number of hydrogen-bond donors (Lipinski definition) is 0. The molecule has 0 N–H and O–H groups in total. The Morgan fingerprint density at radius 1 is 1.21 bits per heavy atom. The maximum absolute atomic E-state index is 12.4. The maximum atomic E-state index is 12.4. The Kier molecular flexibility index (Phi) is 4.89. The third kappa shape index (κ3) is 4.45. The van der Waals surface area contributed by atoms with Crippen LogP contribution in [0.2, 0.25) is 0 Å². The molecule has 0 aromatic carbocycles. The molecule has 2 nitrogen and oxygen atoms in total. The van der Waals surface area contributed by atoms with Gasteiger partial charge < -0.3 is 0 Å². The molecule has 0 aromatic heterocycles. The third-order valence-electron chi connectivity index (χ3n) is 3.58.